The van der Waals surface area contributed by atoms with Crippen molar-refractivity contribution >= 4 is 34.8 Å². The van der Waals surface area contributed by atoms with Crippen molar-refractivity contribution in [3.05, 3.63) is 101 Å². The summed E-state index contributed by atoms with van der Waals surface area (Å²) in [6.45, 7) is 5.40. The number of piperidine rings is 1. The number of nitrogens with zero attached hydrogens (tertiary/aromatic N) is 4. The number of ether oxygens (including phenoxy) is 1. The van der Waals surface area contributed by atoms with Crippen LogP contribution in [0.5, 0.6) is 0 Å². The SMILES string of the molecule is CCOC(=O)C1=C(C)N=c2s/c(=C/c3cc([N+](=O)[O-])ccc3N3CCCCC3)c(=O)n2[C@@H]1c1ccccc1. The standard InChI is InChI=1S/C28H28N4O5S/c1-3-37-27(34)24-18(2)29-28-31(25(24)19-10-6-4-7-11-19)26(33)23(38-28)17-20-16-21(32(35)36)12-13-22(20)30-14-8-5-9-15-30/h4,6-7,10-13,16-17,25H,3,5,8-9,14-15H2,1-2H3/b23-17+/t25-/m1/s1. The summed E-state index contributed by atoms with van der Waals surface area (Å²) in [7, 11) is 0. The van der Waals surface area contributed by atoms with Gasteiger partial charge in [0.05, 0.1) is 33.4 Å². The zero-order valence-corrected chi connectivity index (χ0v) is 22.1. The number of benzene rings is 2. The van der Waals surface area contributed by atoms with E-state index in [1.54, 1.807) is 26.0 Å². The molecule has 0 unspecified atom stereocenters. The van der Waals surface area contributed by atoms with Gasteiger partial charge in [0.1, 0.15) is 0 Å². The fraction of sp³-hybridized carbons (Fsp3) is 0.321. The van der Waals surface area contributed by atoms with Crippen molar-refractivity contribution in [2.24, 2.45) is 4.99 Å². The van der Waals surface area contributed by atoms with E-state index in [1.807, 2.05) is 30.3 Å². The number of aromatic nitrogens is 1. The molecular weight excluding hydrogens is 504 g/mol. The van der Waals surface area contributed by atoms with Crippen molar-refractivity contribution in [2.45, 2.75) is 39.2 Å². The van der Waals surface area contributed by atoms with Crippen LogP contribution >= 0.6 is 11.3 Å². The number of hydrogen-bond acceptors (Lipinski definition) is 8. The van der Waals surface area contributed by atoms with Gasteiger partial charge in [0.25, 0.3) is 11.2 Å². The number of fused-ring (bicyclic) bond motifs is 1. The maximum Gasteiger partial charge on any atom is 0.338 e. The second-order valence-electron chi connectivity index (χ2n) is 9.26. The lowest BCUT2D eigenvalue weighted by atomic mass is 9.96. The van der Waals surface area contributed by atoms with Gasteiger partial charge in [-0.2, -0.15) is 0 Å². The summed E-state index contributed by atoms with van der Waals surface area (Å²) in [6, 6.07) is 13.4. The predicted octanol–water partition coefficient (Wildman–Crippen LogP) is 3.70. The number of rotatable bonds is 6. The second-order valence-corrected chi connectivity index (χ2v) is 10.3. The Bertz CT molecular complexity index is 1600. The highest BCUT2D eigenvalue weighted by atomic mass is 32.1. The van der Waals surface area contributed by atoms with Gasteiger partial charge in [0, 0.05) is 36.5 Å². The molecular formula is C28H28N4O5S. The molecule has 196 valence electrons. The molecule has 1 saturated heterocycles. The Balaban J connectivity index is 1.71. The van der Waals surface area contributed by atoms with Gasteiger partial charge in [-0.25, -0.2) is 9.79 Å². The fourth-order valence-electron chi connectivity index (χ4n) is 5.08. The second kappa shape index (κ2) is 10.7. The minimum atomic E-state index is -0.694. The molecule has 0 amide bonds. The summed E-state index contributed by atoms with van der Waals surface area (Å²) in [5.74, 6) is -0.511. The molecule has 3 aromatic rings. The monoisotopic (exact) mass is 532 g/mol. The van der Waals surface area contributed by atoms with Crippen LogP contribution in [-0.4, -0.2) is 35.2 Å². The molecule has 2 aliphatic heterocycles. The highest BCUT2D eigenvalue weighted by Gasteiger charge is 2.33. The van der Waals surface area contributed by atoms with Crippen LogP contribution in [0.2, 0.25) is 0 Å². The van der Waals surface area contributed by atoms with Crippen LogP contribution in [0.3, 0.4) is 0 Å². The largest absolute Gasteiger partial charge is 0.463 e. The molecule has 2 aliphatic rings. The summed E-state index contributed by atoms with van der Waals surface area (Å²) in [5, 5.41) is 11.6. The highest BCUT2D eigenvalue weighted by molar-refractivity contribution is 7.07. The van der Waals surface area contributed by atoms with Gasteiger partial charge in [-0.1, -0.05) is 41.7 Å². The smallest absolute Gasteiger partial charge is 0.338 e. The van der Waals surface area contributed by atoms with Crippen LogP contribution in [0.4, 0.5) is 11.4 Å². The van der Waals surface area contributed by atoms with E-state index in [0.29, 0.717) is 26.2 Å². The molecule has 38 heavy (non-hydrogen) atoms. The highest BCUT2D eigenvalue weighted by Crippen LogP contribution is 2.31. The van der Waals surface area contributed by atoms with Crippen LogP contribution in [-0.2, 0) is 9.53 Å². The number of thiazole rings is 1. The van der Waals surface area contributed by atoms with Gasteiger partial charge in [-0.15, -0.1) is 0 Å². The lowest BCUT2D eigenvalue weighted by Gasteiger charge is -2.30. The van der Waals surface area contributed by atoms with Crippen LogP contribution in [0.1, 0.15) is 50.3 Å². The molecule has 0 N–H and O–H groups in total. The zero-order chi connectivity index (χ0) is 26.8. The molecule has 0 aliphatic carbocycles. The molecule has 1 atom stereocenters. The maximum absolute atomic E-state index is 13.9. The van der Waals surface area contributed by atoms with E-state index in [-0.39, 0.29) is 17.9 Å². The van der Waals surface area contributed by atoms with Crippen LogP contribution in [0.15, 0.2) is 69.6 Å². The Morgan fingerprint density at radius 1 is 1.18 bits per heavy atom. The minimum Gasteiger partial charge on any atom is -0.463 e. The number of hydrogen-bond donors (Lipinski definition) is 0. The van der Waals surface area contributed by atoms with Gasteiger partial charge >= 0.3 is 5.97 Å². The molecule has 5 rings (SSSR count). The van der Waals surface area contributed by atoms with Crippen LogP contribution in [0.25, 0.3) is 6.08 Å². The predicted molar refractivity (Wildman–Crippen MR) is 146 cm³/mol. The lowest BCUT2D eigenvalue weighted by Crippen LogP contribution is -2.40. The third-order valence-electron chi connectivity index (χ3n) is 6.84. The van der Waals surface area contributed by atoms with Crippen LogP contribution < -0.4 is 19.8 Å². The quantitative estimate of drug-likeness (QED) is 0.272. The Morgan fingerprint density at radius 2 is 1.92 bits per heavy atom. The summed E-state index contributed by atoms with van der Waals surface area (Å²) in [6.07, 6.45) is 4.96. The Hall–Kier alpha value is -4.05. The van der Waals surface area contributed by atoms with Crippen molar-refractivity contribution in [2.75, 3.05) is 24.6 Å². The number of carbonyl (C=O) groups is 1. The normalized spacial score (nSPS) is 17.7. The van der Waals surface area contributed by atoms with Gasteiger partial charge in [0.2, 0.25) is 0 Å². The van der Waals surface area contributed by atoms with Crippen molar-refractivity contribution < 1.29 is 14.5 Å². The molecule has 0 spiro atoms. The Kier molecular flexibility index (Phi) is 7.24. The van der Waals surface area contributed by atoms with Crippen LogP contribution in [0, 0.1) is 10.1 Å². The minimum absolute atomic E-state index is 0.0348. The van der Waals surface area contributed by atoms with E-state index < -0.39 is 16.9 Å². The number of nitro groups is 1. The fourth-order valence-corrected chi connectivity index (χ4v) is 6.11. The van der Waals surface area contributed by atoms with E-state index in [1.165, 1.54) is 28.0 Å². The summed E-state index contributed by atoms with van der Waals surface area (Å²) >= 11 is 1.21. The number of allylic oxidation sites excluding steroid dienone is 1. The average molecular weight is 533 g/mol. The van der Waals surface area contributed by atoms with E-state index in [0.717, 1.165) is 43.6 Å². The number of non-ortho nitro benzene ring substituents is 1. The Morgan fingerprint density at radius 3 is 2.61 bits per heavy atom. The molecule has 9 nitrogen and oxygen atoms in total. The summed E-state index contributed by atoms with van der Waals surface area (Å²) in [4.78, 5) is 45.3. The Labute approximate surface area is 223 Å². The van der Waals surface area contributed by atoms with Gasteiger partial charge in [-0.3, -0.25) is 19.5 Å². The molecule has 1 aromatic heterocycles. The summed E-state index contributed by atoms with van der Waals surface area (Å²) < 4.78 is 7.25. The van der Waals surface area contributed by atoms with E-state index in [2.05, 4.69) is 9.89 Å². The van der Waals surface area contributed by atoms with E-state index >= 15 is 0 Å². The van der Waals surface area contributed by atoms with Gasteiger partial charge in [0.15, 0.2) is 4.80 Å². The first-order valence-electron chi connectivity index (χ1n) is 12.7. The topological polar surface area (TPSA) is 107 Å². The maximum atomic E-state index is 13.9. The summed E-state index contributed by atoms with van der Waals surface area (Å²) in [5.41, 5.74) is 2.71. The molecule has 0 bridgehead atoms. The number of anilines is 1. The molecule has 0 radical (unpaired) electrons. The first-order chi connectivity index (χ1) is 18.4. The van der Waals surface area contributed by atoms with Crippen molar-refractivity contribution in [3.63, 3.8) is 0 Å². The molecule has 1 fully saturated rings. The first kappa shape index (κ1) is 25.6. The third-order valence-corrected chi connectivity index (χ3v) is 7.82. The number of nitro benzene ring substituents is 1. The number of esters is 1. The first-order valence-corrected chi connectivity index (χ1v) is 13.5. The zero-order valence-electron chi connectivity index (χ0n) is 21.3. The van der Waals surface area contributed by atoms with Gasteiger partial charge < -0.3 is 9.64 Å². The molecule has 2 aromatic carbocycles. The third kappa shape index (κ3) is 4.79. The van der Waals surface area contributed by atoms with Crippen molar-refractivity contribution in [1.82, 2.24) is 4.57 Å². The molecule has 3 heterocycles. The molecule has 0 saturated carbocycles. The van der Waals surface area contributed by atoms with Crippen molar-refractivity contribution in [3.8, 4) is 0 Å². The van der Waals surface area contributed by atoms with Crippen molar-refractivity contribution in [1.29, 1.82) is 0 Å². The lowest BCUT2D eigenvalue weighted by molar-refractivity contribution is -0.384. The average Bonchev–Trinajstić information content (AvgIpc) is 3.22. The van der Waals surface area contributed by atoms with E-state index in [4.69, 9.17) is 4.74 Å². The number of carbonyl (C=O) groups excluding carboxylic acids is 1. The van der Waals surface area contributed by atoms with E-state index in [9.17, 15) is 19.7 Å². The molecule has 10 heteroatoms. The van der Waals surface area contributed by atoms with Gasteiger partial charge in [-0.05, 0) is 50.8 Å².